The molecule has 2 aromatic heterocycles. The van der Waals surface area contributed by atoms with Crippen molar-refractivity contribution in [3.63, 3.8) is 0 Å². The Balaban J connectivity index is 1.48. The molecule has 8 heteroatoms. The highest BCUT2D eigenvalue weighted by Crippen LogP contribution is 2.28. The number of carboxylic acid groups (broad SMARTS) is 1. The minimum atomic E-state index is -0.708. The molecular formula is C21H31N5O3. The number of carbonyl (C=O) groups is 1. The number of aliphatic carboxylic acids is 1. The lowest BCUT2D eigenvalue weighted by molar-refractivity contribution is -0.137. The third-order valence-electron chi connectivity index (χ3n) is 6.27. The summed E-state index contributed by atoms with van der Waals surface area (Å²) in [4.78, 5) is 20.9. The Morgan fingerprint density at radius 2 is 2.07 bits per heavy atom. The fraction of sp³-hybridized carbons (Fsp3) is 0.667. The fourth-order valence-corrected chi connectivity index (χ4v) is 4.89. The number of aryl methyl sites for hydroxylation is 2. The summed E-state index contributed by atoms with van der Waals surface area (Å²) in [7, 11) is 0. The van der Waals surface area contributed by atoms with Crippen molar-refractivity contribution >= 4 is 11.6 Å². The van der Waals surface area contributed by atoms with Gasteiger partial charge in [0, 0.05) is 55.6 Å². The number of piperidine rings is 1. The third kappa shape index (κ3) is 4.60. The van der Waals surface area contributed by atoms with E-state index in [1.54, 1.807) is 0 Å². The van der Waals surface area contributed by atoms with E-state index in [4.69, 9.17) is 9.72 Å². The van der Waals surface area contributed by atoms with Gasteiger partial charge in [-0.15, -0.1) is 0 Å². The van der Waals surface area contributed by atoms with Crippen LogP contribution in [0.5, 0.6) is 0 Å². The minimum Gasteiger partial charge on any atom is -0.481 e. The first-order chi connectivity index (χ1) is 14.0. The molecule has 2 aromatic rings. The molecular weight excluding hydrogens is 370 g/mol. The summed E-state index contributed by atoms with van der Waals surface area (Å²) in [6.07, 6.45) is 3.94. The van der Waals surface area contributed by atoms with Crippen LogP contribution >= 0.6 is 0 Å². The quantitative estimate of drug-likeness (QED) is 0.789. The van der Waals surface area contributed by atoms with E-state index in [1.165, 1.54) is 0 Å². The molecule has 0 radical (unpaired) electrons. The number of rotatable bonds is 6. The molecule has 2 aliphatic rings. The Bertz CT molecular complexity index is 861. The number of ether oxygens (including phenoxy) is 1. The number of hydrogen-bond donors (Lipinski definition) is 1. The van der Waals surface area contributed by atoms with Crippen LogP contribution in [0.15, 0.2) is 12.3 Å². The number of fused-ring (bicyclic) bond motifs is 1. The van der Waals surface area contributed by atoms with Crippen LogP contribution in [0.3, 0.4) is 0 Å². The molecule has 0 bridgehead atoms. The van der Waals surface area contributed by atoms with E-state index in [0.717, 1.165) is 81.4 Å². The standard InChI is InChI=1S/C21H31N5O3/c1-15-11-16(2)26-21(23-15)18(12-22-26)14-24-6-5-19(25-7-9-29-10-8-25)17(13-24)3-4-20(27)28/h11-12,17,19H,3-10,13-14H2,1-2H3,(H,27,28)/t17-,19+/m1/s1. The fourth-order valence-electron chi connectivity index (χ4n) is 4.89. The molecule has 2 fully saturated rings. The first-order valence-electron chi connectivity index (χ1n) is 10.6. The van der Waals surface area contributed by atoms with Gasteiger partial charge in [0.15, 0.2) is 5.65 Å². The molecule has 2 aliphatic heterocycles. The van der Waals surface area contributed by atoms with Crippen molar-refractivity contribution < 1.29 is 14.6 Å². The van der Waals surface area contributed by atoms with Gasteiger partial charge in [0.05, 0.1) is 19.4 Å². The molecule has 2 atom stereocenters. The van der Waals surface area contributed by atoms with Gasteiger partial charge >= 0.3 is 5.97 Å². The molecule has 8 nitrogen and oxygen atoms in total. The van der Waals surface area contributed by atoms with E-state index >= 15 is 0 Å². The summed E-state index contributed by atoms with van der Waals surface area (Å²) in [6, 6.07) is 2.49. The SMILES string of the molecule is Cc1cc(C)n2ncc(CN3CC[C@H](N4CCOCC4)[C@H](CCC(=O)O)C3)c2n1. The van der Waals surface area contributed by atoms with E-state index in [-0.39, 0.29) is 6.42 Å². The highest BCUT2D eigenvalue weighted by molar-refractivity contribution is 5.66. The molecule has 0 aliphatic carbocycles. The topological polar surface area (TPSA) is 83.2 Å². The molecule has 0 saturated carbocycles. The Hall–Kier alpha value is -2.03. The van der Waals surface area contributed by atoms with Gasteiger partial charge in [0.25, 0.3) is 0 Å². The molecule has 158 valence electrons. The highest BCUT2D eigenvalue weighted by atomic mass is 16.5. The summed E-state index contributed by atoms with van der Waals surface area (Å²) in [5, 5.41) is 13.7. The van der Waals surface area contributed by atoms with Crippen molar-refractivity contribution in [2.24, 2.45) is 5.92 Å². The lowest BCUT2D eigenvalue weighted by atomic mass is 9.86. The zero-order chi connectivity index (χ0) is 20.4. The van der Waals surface area contributed by atoms with Gasteiger partial charge in [0.1, 0.15) is 0 Å². The lowest BCUT2D eigenvalue weighted by Gasteiger charge is -2.45. The first-order valence-corrected chi connectivity index (χ1v) is 10.6. The average molecular weight is 402 g/mol. The molecule has 29 heavy (non-hydrogen) atoms. The Kier molecular flexibility index (Phi) is 6.12. The summed E-state index contributed by atoms with van der Waals surface area (Å²) >= 11 is 0. The summed E-state index contributed by atoms with van der Waals surface area (Å²) < 4.78 is 7.42. The van der Waals surface area contributed by atoms with Crippen LogP contribution in [-0.4, -0.2) is 80.9 Å². The minimum absolute atomic E-state index is 0.232. The van der Waals surface area contributed by atoms with Crippen LogP contribution in [0.1, 0.15) is 36.2 Å². The van der Waals surface area contributed by atoms with E-state index in [9.17, 15) is 9.90 Å². The number of likely N-dealkylation sites (tertiary alicyclic amines) is 1. The van der Waals surface area contributed by atoms with Crippen molar-refractivity contribution in [3.05, 3.63) is 29.2 Å². The van der Waals surface area contributed by atoms with E-state index in [1.807, 2.05) is 30.6 Å². The zero-order valence-corrected chi connectivity index (χ0v) is 17.4. The number of aromatic nitrogens is 3. The Morgan fingerprint density at radius 3 is 2.83 bits per heavy atom. The van der Waals surface area contributed by atoms with Gasteiger partial charge in [-0.05, 0) is 45.2 Å². The largest absolute Gasteiger partial charge is 0.481 e. The number of hydrogen-bond acceptors (Lipinski definition) is 6. The molecule has 0 unspecified atom stereocenters. The highest BCUT2D eigenvalue weighted by Gasteiger charge is 2.34. The van der Waals surface area contributed by atoms with Gasteiger partial charge in [-0.25, -0.2) is 9.50 Å². The number of nitrogens with zero attached hydrogens (tertiary/aromatic N) is 5. The van der Waals surface area contributed by atoms with Gasteiger partial charge in [-0.1, -0.05) is 0 Å². The van der Waals surface area contributed by atoms with Crippen LogP contribution < -0.4 is 0 Å². The van der Waals surface area contributed by atoms with E-state index in [2.05, 4.69) is 14.9 Å². The number of morpholine rings is 1. The van der Waals surface area contributed by atoms with Gasteiger partial charge in [-0.3, -0.25) is 14.6 Å². The lowest BCUT2D eigenvalue weighted by Crippen LogP contribution is -2.53. The van der Waals surface area contributed by atoms with Gasteiger partial charge in [0.2, 0.25) is 0 Å². The van der Waals surface area contributed by atoms with Crippen molar-refractivity contribution in [1.82, 2.24) is 24.4 Å². The van der Waals surface area contributed by atoms with Crippen molar-refractivity contribution in [3.8, 4) is 0 Å². The van der Waals surface area contributed by atoms with Crippen LogP contribution in [0.2, 0.25) is 0 Å². The van der Waals surface area contributed by atoms with Crippen molar-refractivity contribution in [1.29, 1.82) is 0 Å². The molecule has 0 aromatic carbocycles. The molecule has 2 saturated heterocycles. The predicted molar refractivity (Wildman–Crippen MR) is 109 cm³/mol. The van der Waals surface area contributed by atoms with E-state index < -0.39 is 5.97 Å². The molecule has 0 amide bonds. The zero-order valence-electron chi connectivity index (χ0n) is 17.4. The van der Waals surface area contributed by atoms with Crippen LogP contribution in [0.25, 0.3) is 5.65 Å². The maximum absolute atomic E-state index is 11.2. The van der Waals surface area contributed by atoms with Crippen molar-refractivity contribution in [2.45, 2.75) is 45.7 Å². The second-order valence-corrected chi connectivity index (χ2v) is 8.38. The van der Waals surface area contributed by atoms with Gasteiger partial charge in [-0.2, -0.15) is 5.10 Å². The second kappa shape index (κ2) is 8.77. The molecule has 4 rings (SSSR count). The Morgan fingerprint density at radius 1 is 1.28 bits per heavy atom. The monoisotopic (exact) mass is 401 g/mol. The molecule has 1 N–H and O–H groups in total. The van der Waals surface area contributed by atoms with E-state index in [0.29, 0.717) is 12.0 Å². The summed E-state index contributed by atoms with van der Waals surface area (Å²) in [6.45, 7) is 10.2. The third-order valence-corrected chi connectivity index (χ3v) is 6.27. The van der Waals surface area contributed by atoms with Crippen LogP contribution in [0.4, 0.5) is 0 Å². The summed E-state index contributed by atoms with van der Waals surface area (Å²) in [5.74, 6) is -0.350. The van der Waals surface area contributed by atoms with Crippen LogP contribution in [0, 0.1) is 19.8 Å². The smallest absolute Gasteiger partial charge is 0.303 e. The maximum atomic E-state index is 11.2. The maximum Gasteiger partial charge on any atom is 0.303 e. The predicted octanol–water partition coefficient (Wildman–Crippen LogP) is 1.73. The molecule has 0 spiro atoms. The van der Waals surface area contributed by atoms with Gasteiger partial charge < -0.3 is 9.84 Å². The normalized spacial score (nSPS) is 24.2. The Labute approximate surface area is 171 Å². The average Bonchev–Trinajstić information content (AvgIpc) is 3.10. The molecule has 4 heterocycles. The first kappa shape index (κ1) is 20.3. The second-order valence-electron chi connectivity index (χ2n) is 8.38. The summed E-state index contributed by atoms with van der Waals surface area (Å²) in [5.41, 5.74) is 4.16. The van der Waals surface area contributed by atoms with Crippen molar-refractivity contribution in [2.75, 3.05) is 39.4 Å². The van der Waals surface area contributed by atoms with Crippen LogP contribution in [-0.2, 0) is 16.1 Å². The number of carboxylic acids is 1.